The van der Waals surface area contributed by atoms with Crippen molar-refractivity contribution in [2.24, 2.45) is 0 Å². The quantitative estimate of drug-likeness (QED) is 0.597. The van der Waals surface area contributed by atoms with Gasteiger partial charge in [-0.3, -0.25) is 0 Å². The molecule has 0 spiro atoms. The Morgan fingerprint density at radius 3 is 2.47 bits per heavy atom. The maximum Gasteiger partial charge on any atom is 0.203 e. The molecule has 0 aromatic carbocycles. The molecule has 4 heteroatoms. The molecule has 0 saturated heterocycles. The summed E-state index contributed by atoms with van der Waals surface area (Å²) in [6.45, 7) is 4.42. The fourth-order valence-corrected chi connectivity index (χ4v) is 3.12. The van der Waals surface area contributed by atoms with E-state index in [1.807, 2.05) is 0 Å². The van der Waals surface area contributed by atoms with Gasteiger partial charge < -0.3 is 5.73 Å². The highest BCUT2D eigenvalue weighted by atomic mass is 32.1. The van der Waals surface area contributed by atoms with Gasteiger partial charge in [-0.2, -0.15) is 0 Å². The molecule has 0 saturated carbocycles. The van der Waals surface area contributed by atoms with Crippen LogP contribution in [0.4, 0.5) is 5.13 Å². The number of nitrogens with zero attached hydrogens (tertiary/aromatic N) is 2. The van der Waals surface area contributed by atoms with E-state index in [4.69, 9.17) is 12.2 Å². The summed E-state index contributed by atoms with van der Waals surface area (Å²) in [5, 5.41) is 9.82. The average Bonchev–Trinajstić information content (AvgIpc) is 2.77. The largest absolute Gasteiger partial charge is 0.374 e. The van der Waals surface area contributed by atoms with Gasteiger partial charge in [-0.15, -0.1) is 22.5 Å². The van der Waals surface area contributed by atoms with Gasteiger partial charge in [0.05, 0.1) is 0 Å². The molecule has 1 aromatic heterocycles. The van der Waals surface area contributed by atoms with E-state index in [9.17, 15) is 0 Å². The smallest absolute Gasteiger partial charge is 0.203 e. The molecular weight excluding hydrogens is 230 g/mol. The van der Waals surface area contributed by atoms with E-state index < -0.39 is 0 Å². The second-order valence-corrected chi connectivity index (χ2v) is 5.35. The lowest BCUT2D eigenvalue weighted by Crippen LogP contribution is -2.24. The van der Waals surface area contributed by atoms with Crippen molar-refractivity contribution in [3.63, 3.8) is 0 Å². The van der Waals surface area contributed by atoms with E-state index in [1.165, 1.54) is 11.3 Å². The van der Waals surface area contributed by atoms with Crippen molar-refractivity contribution in [2.75, 3.05) is 5.73 Å². The normalized spacial score (nSPS) is 11.4. The Morgan fingerprint density at radius 1 is 1.29 bits per heavy atom. The summed E-state index contributed by atoms with van der Waals surface area (Å²) in [4.78, 5) is 0. The predicted octanol–water partition coefficient (Wildman–Crippen LogP) is 3.37. The highest BCUT2D eigenvalue weighted by Crippen LogP contribution is 2.38. The third-order valence-corrected chi connectivity index (χ3v) is 4.47. The molecule has 2 N–H and O–H groups in total. The highest BCUT2D eigenvalue weighted by Gasteiger charge is 2.31. The molecule has 0 unspecified atom stereocenters. The summed E-state index contributed by atoms with van der Waals surface area (Å²) in [5.74, 6) is 2.69. The van der Waals surface area contributed by atoms with Gasteiger partial charge in [0.2, 0.25) is 5.13 Å². The van der Waals surface area contributed by atoms with Crippen LogP contribution in [-0.4, -0.2) is 10.2 Å². The molecule has 1 aromatic rings. The molecule has 0 atom stereocenters. The number of hydrogen-bond donors (Lipinski definition) is 1. The first-order valence-electron chi connectivity index (χ1n) is 6.21. The average molecular weight is 251 g/mol. The number of unbranched alkanes of at least 4 members (excludes halogenated alkanes) is 2. The van der Waals surface area contributed by atoms with E-state index in [2.05, 4.69) is 30.0 Å². The zero-order valence-corrected chi connectivity index (χ0v) is 11.5. The second kappa shape index (κ2) is 6.61. The van der Waals surface area contributed by atoms with Gasteiger partial charge in [0, 0.05) is 11.8 Å². The number of rotatable bonds is 7. The van der Waals surface area contributed by atoms with Gasteiger partial charge in [0.1, 0.15) is 5.01 Å². The summed E-state index contributed by atoms with van der Waals surface area (Å²) in [7, 11) is 0. The minimum Gasteiger partial charge on any atom is -0.374 e. The molecule has 0 aliphatic rings. The maximum atomic E-state index is 5.68. The highest BCUT2D eigenvalue weighted by molar-refractivity contribution is 7.15. The van der Waals surface area contributed by atoms with Gasteiger partial charge in [-0.1, -0.05) is 31.6 Å². The summed E-state index contributed by atoms with van der Waals surface area (Å²) in [5.41, 5.74) is 5.82. The summed E-state index contributed by atoms with van der Waals surface area (Å²) < 4.78 is 0. The van der Waals surface area contributed by atoms with Crippen LogP contribution < -0.4 is 5.73 Å². The maximum absolute atomic E-state index is 5.68. The van der Waals surface area contributed by atoms with E-state index in [0.29, 0.717) is 5.13 Å². The van der Waals surface area contributed by atoms with Crippen LogP contribution in [0.1, 0.15) is 57.4 Å². The second-order valence-electron chi connectivity index (χ2n) is 4.34. The van der Waals surface area contributed by atoms with E-state index in [-0.39, 0.29) is 5.41 Å². The standard InChI is InChI=1S/C13H21N3S/c1-4-7-8-9-10-13(5-2,6-3)11-15-16-12(14)17-11/h1H,5-10H2,2-3H3,(H2,14,16). The number of nitrogen functional groups attached to an aromatic ring is 1. The van der Waals surface area contributed by atoms with Crippen molar-refractivity contribution >= 4 is 16.5 Å². The summed E-state index contributed by atoms with van der Waals surface area (Å²) >= 11 is 1.52. The van der Waals surface area contributed by atoms with Gasteiger partial charge in [-0.05, 0) is 25.7 Å². The van der Waals surface area contributed by atoms with Gasteiger partial charge in [-0.25, -0.2) is 0 Å². The van der Waals surface area contributed by atoms with Crippen LogP contribution >= 0.6 is 11.3 Å². The van der Waals surface area contributed by atoms with Crippen LogP contribution in [0.5, 0.6) is 0 Å². The summed E-state index contributed by atoms with van der Waals surface area (Å²) in [6, 6.07) is 0. The first kappa shape index (κ1) is 14.0. The van der Waals surface area contributed by atoms with Crippen LogP contribution in [0.2, 0.25) is 0 Å². The van der Waals surface area contributed by atoms with Crippen molar-refractivity contribution < 1.29 is 0 Å². The zero-order chi connectivity index (χ0) is 12.7. The molecule has 1 rings (SSSR count). The molecule has 0 aliphatic carbocycles. The fraction of sp³-hybridized carbons (Fsp3) is 0.692. The molecule has 0 amide bonds. The van der Waals surface area contributed by atoms with Crippen molar-refractivity contribution in [3.05, 3.63) is 5.01 Å². The lowest BCUT2D eigenvalue weighted by molar-refractivity contribution is 0.348. The van der Waals surface area contributed by atoms with E-state index >= 15 is 0 Å². The van der Waals surface area contributed by atoms with Gasteiger partial charge in [0.25, 0.3) is 0 Å². The Kier molecular flexibility index (Phi) is 5.43. The topological polar surface area (TPSA) is 51.8 Å². The minimum absolute atomic E-state index is 0.143. The van der Waals surface area contributed by atoms with Gasteiger partial charge >= 0.3 is 0 Å². The number of nitrogens with two attached hydrogens (primary N) is 1. The van der Waals surface area contributed by atoms with Crippen LogP contribution in [0.25, 0.3) is 0 Å². The Bertz CT molecular complexity index is 374. The molecule has 0 fully saturated rings. The third-order valence-electron chi connectivity index (χ3n) is 3.47. The molecule has 0 radical (unpaired) electrons. The Balaban J connectivity index is 2.72. The number of hydrogen-bond acceptors (Lipinski definition) is 4. The van der Waals surface area contributed by atoms with Gasteiger partial charge in [0.15, 0.2) is 0 Å². The van der Waals surface area contributed by atoms with Crippen molar-refractivity contribution in [1.82, 2.24) is 10.2 Å². The number of anilines is 1. The minimum atomic E-state index is 0.143. The van der Waals surface area contributed by atoms with Crippen LogP contribution in [0.3, 0.4) is 0 Å². The molecule has 3 nitrogen and oxygen atoms in total. The molecule has 0 bridgehead atoms. The zero-order valence-electron chi connectivity index (χ0n) is 10.7. The predicted molar refractivity (Wildman–Crippen MR) is 73.9 cm³/mol. The van der Waals surface area contributed by atoms with E-state index in [0.717, 1.165) is 43.5 Å². The van der Waals surface area contributed by atoms with Crippen molar-refractivity contribution in [3.8, 4) is 12.3 Å². The SMILES string of the molecule is C#CCCCCC(CC)(CC)c1nnc(N)s1. The van der Waals surface area contributed by atoms with Crippen molar-refractivity contribution in [1.29, 1.82) is 0 Å². The monoisotopic (exact) mass is 251 g/mol. The first-order valence-corrected chi connectivity index (χ1v) is 7.03. The Hall–Kier alpha value is -1.08. The van der Waals surface area contributed by atoms with Crippen LogP contribution in [-0.2, 0) is 5.41 Å². The first-order chi connectivity index (χ1) is 8.18. The lowest BCUT2D eigenvalue weighted by Gasteiger charge is -2.28. The van der Waals surface area contributed by atoms with E-state index in [1.54, 1.807) is 0 Å². The molecule has 94 valence electrons. The van der Waals surface area contributed by atoms with Crippen molar-refractivity contribution in [2.45, 2.75) is 57.8 Å². The summed E-state index contributed by atoms with van der Waals surface area (Å²) in [6.07, 6.45) is 11.6. The third kappa shape index (κ3) is 3.44. The number of terminal acetylenes is 1. The molecule has 17 heavy (non-hydrogen) atoms. The fourth-order valence-electron chi connectivity index (χ4n) is 2.15. The number of aromatic nitrogens is 2. The Morgan fingerprint density at radius 2 is 2.00 bits per heavy atom. The Labute approximate surface area is 108 Å². The van der Waals surface area contributed by atoms with Crippen LogP contribution in [0, 0.1) is 12.3 Å². The molecular formula is C13H21N3S. The molecule has 1 heterocycles. The molecule has 0 aliphatic heterocycles. The van der Waals surface area contributed by atoms with Crippen LogP contribution in [0.15, 0.2) is 0 Å². The lowest BCUT2D eigenvalue weighted by atomic mass is 9.78.